The van der Waals surface area contributed by atoms with E-state index in [-0.39, 0.29) is 17.5 Å². The van der Waals surface area contributed by atoms with Crippen LogP contribution in [0.3, 0.4) is 0 Å². The van der Waals surface area contributed by atoms with Gasteiger partial charge in [-0.3, -0.25) is 15.1 Å². The summed E-state index contributed by atoms with van der Waals surface area (Å²) in [4.78, 5) is 26.2. The molecule has 164 valence electrons. The molecule has 0 bridgehead atoms. The van der Waals surface area contributed by atoms with Crippen molar-refractivity contribution in [2.45, 2.75) is 51.7 Å². The average molecular weight is 429 g/mol. The number of nitrogens with one attached hydrogen (secondary N) is 1. The van der Waals surface area contributed by atoms with Crippen molar-refractivity contribution in [3.05, 3.63) is 64.2 Å². The summed E-state index contributed by atoms with van der Waals surface area (Å²) in [5, 5.41) is 13.7. The number of pyridine rings is 1. The highest BCUT2D eigenvalue weighted by atomic mass is 19.1. The summed E-state index contributed by atoms with van der Waals surface area (Å²) in [7, 11) is 0. The molecule has 0 fully saturated rings. The molecule has 8 nitrogen and oxygen atoms in total. The summed E-state index contributed by atoms with van der Waals surface area (Å²) in [6.07, 6.45) is 6.66. The number of allylic oxidation sites excluding steroid dienone is 1. The van der Waals surface area contributed by atoms with Crippen molar-refractivity contribution in [3.8, 4) is 11.5 Å². The minimum atomic E-state index is -0.823. The number of carbonyl (C=O) groups is 1. The summed E-state index contributed by atoms with van der Waals surface area (Å²) < 4.78 is 25.2. The quantitative estimate of drug-likeness (QED) is 0.505. The molecule has 0 saturated heterocycles. The second kappa shape index (κ2) is 9.11. The van der Waals surface area contributed by atoms with Crippen molar-refractivity contribution in [2.24, 2.45) is 0 Å². The van der Waals surface area contributed by atoms with Gasteiger partial charge >= 0.3 is 6.09 Å². The van der Waals surface area contributed by atoms with Gasteiger partial charge in [-0.25, -0.2) is 9.18 Å². The van der Waals surface area contributed by atoms with Crippen LogP contribution in [0, 0.1) is 15.9 Å². The Bertz CT molecular complexity index is 1020. The number of amides is 1. The largest absolute Gasteiger partial charge is 0.454 e. The molecule has 0 saturated carbocycles. The Morgan fingerprint density at radius 2 is 2.06 bits per heavy atom. The van der Waals surface area contributed by atoms with Crippen molar-refractivity contribution >= 4 is 17.4 Å². The van der Waals surface area contributed by atoms with Crippen LogP contribution in [0.4, 0.5) is 14.9 Å². The maximum atomic E-state index is 14.2. The Balaban J connectivity index is 1.72. The van der Waals surface area contributed by atoms with Crippen LogP contribution in [-0.2, 0) is 4.74 Å². The zero-order valence-electron chi connectivity index (χ0n) is 17.6. The number of nitrogens with zero attached hydrogens (tertiary/aromatic N) is 2. The van der Waals surface area contributed by atoms with Crippen LogP contribution in [0.2, 0.25) is 0 Å². The smallest absolute Gasteiger partial charge is 0.407 e. The SMILES string of the molecule is CC(C)(C)OC(=O)NC1CC=C(c2cnccc2Oc2ccc([N+](=O)[O-])cc2F)CC1. The van der Waals surface area contributed by atoms with Gasteiger partial charge in [0.15, 0.2) is 11.6 Å². The fourth-order valence-electron chi connectivity index (χ4n) is 3.20. The first kappa shape index (κ1) is 22.2. The lowest BCUT2D eigenvalue weighted by Crippen LogP contribution is -2.39. The third kappa shape index (κ3) is 6.00. The first-order chi connectivity index (χ1) is 14.6. The second-order valence-electron chi connectivity index (χ2n) is 8.19. The number of hydrogen-bond donors (Lipinski definition) is 1. The number of rotatable bonds is 5. The highest BCUT2D eigenvalue weighted by Gasteiger charge is 2.23. The molecule has 1 aliphatic carbocycles. The van der Waals surface area contributed by atoms with E-state index in [1.54, 1.807) is 12.3 Å². The standard InChI is InChI=1S/C22H24FN3O5/c1-22(2,3)31-21(27)25-15-6-4-14(5-7-15)17-13-24-11-10-19(17)30-20-9-8-16(26(28)29)12-18(20)23/h4,8-13,15H,5-7H2,1-3H3,(H,25,27). The Morgan fingerprint density at radius 1 is 1.29 bits per heavy atom. The fourth-order valence-corrected chi connectivity index (χ4v) is 3.20. The van der Waals surface area contributed by atoms with E-state index in [2.05, 4.69) is 10.3 Å². The number of non-ortho nitro benzene ring substituents is 1. The van der Waals surface area contributed by atoms with Gasteiger partial charge in [0.25, 0.3) is 5.69 Å². The fraction of sp³-hybridized carbons (Fsp3) is 0.364. The first-order valence-corrected chi connectivity index (χ1v) is 9.87. The Kier molecular flexibility index (Phi) is 6.53. The van der Waals surface area contributed by atoms with Gasteiger partial charge in [-0.1, -0.05) is 6.08 Å². The minimum absolute atomic E-state index is 0.0493. The van der Waals surface area contributed by atoms with Crippen LogP contribution in [-0.4, -0.2) is 27.6 Å². The minimum Gasteiger partial charge on any atom is -0.454 e. The molecule has 0 radical (unpaired) electrons. The van der Waals surface area contributed by atoms with Gasteiger partial charge in [0.1, 0.15) is 11.4 Å². The van der Waals surface area contributed by atoms with Gasteiger partial charge in [-0.05, 0) is 57.7 Å². The van der Waals surface area contributed by atoms with Crippen LogP contribution in [0.5, 0.6) is 11.5 Å². The molecule has 1 aromatic carbocycles. The number of nitro groups is 1. The number of benzene rings is 1. The molecule has 1 amide bonds. The molecule has 0 aliphatic heterocycles. The van der Waals surface area contributed by atoms with Crippen molar-refractivity contribution < 1.29 is 23.6 Å². The van der Waals surface area contributed by atoms with Crippen LogP contribution < -0.4 is 10.1 Å². The zero-order valence-corrected chi connectivity index (χ0v) is 17.6. The molecule has 1 unspecified atom stereocenters. The first-order valence-electron chi connectivity index (χ1n) is 9.87. The van der Waals surface area contributed by atoms with Crippen molar-refractivity contribution in [1.82, 2.24) is 10.3 Å². The summed E-state index contributed by atoms with van der Waals surface area (Å²) in [6.45, 7) is 5.43. The monoisotopic (exact) mass is 429 g/mol. The van der Waals surface area contributed by atoms with Gasteiger partial charge in [-0.2, -0.15) is 0 Å². The molecular formula is C22H24FN3O5. The van der Waals surface area contributed by atoms with Crippen molar-refractivity contribution in [1.29, 1.82) is 0 Å². The number of carbonyl (C=O) groups excluding carboxylic acids is 1. The number of nitro benzene ring substituents is 1. The lowest BCUT2D eigenvalue weighted by atomic mass is 9.91. The third-order valence-electron chi connectivity index (χ3n) is 4.60. The van der Waals surface area contributed by atoms with E-state index >= 15 is 0 Å². The summed E-state index contributed by atoms with van der Waals surface area (Å²) in [5.41, 5.74) is 0.761. The van der Waals surface area contributed by atoms with Crippen LogP contribution in [0.15, 0.2) is 42.7 Å². The Morgan fingerprint density at radius 3 is 2.68 bits per heavy atom. The lowest BCUT2D eigenvalue weighted by Gasteiger charge is -2.26. The van der Waals surface area contributed by atoms with Crippen molar-refractivity contribution in [2.75, 3.05) is 0 Å². The zero-order chi connectivity index (χ0) is 22.6. The molecule has 1 heterocycles. The Labute approximate surface area is 179 Å². The maximum Gasteiger partial charge on any atom is 0.407 e. The van der Waals surface area contributed by atoms with E-state index in [0.29, 0.717) is 30.6 Å². The highest BCUT2D eigenvalue weighted by Crippen LogP contribution is 2.36. The molecule has 0 spiro atoms. The predicted octanol–water partition coefficient (Wildman–Crippen LogP) is 5.38. The van der Waals surface area contributed by atoms with Gasteiger partial charge < -0.3 is 14.8 Å². The van der Waals surface area contributed by atoms with Crippen LogP contribution in [0.25, 0.3) is 5.57 Å². The van der Waals surface area contributed by atoms with Gasteiger partial charge in [-0.15, -0.1) is 0 Å². The number of aromatic nitrogens is 1. The predicted molar refractivity (Wildman–Crippen MR) is 112 cm³/mol. The normalized spacial score (nSPS) is 16.3. The lowest BCUT2D eigenvalue weighted by molar-refractivity contribution is -0.385. The van der Waals surface area contributed by atoms with E-state index in [0.717, 1.165) is 11.6 Å². The summed E-state index contributed by atoms with van der Waals surface area (Å²) in [6, 6.07) is 4.80. The number of halogens is 1. The summed E-state index contributed by atoms with van der Waals surface area (Å²) in [5.74, 6) is -0.539. The van der Waals surface area contributed by atoms with E-state index in [4.69, 9.17) is 9.47 Å². The highest BCUT2D eigenvalue weighted by molar-refractivity contribution is 5.72. The molecule has 3 rings (SSSR count). The molecular weight excluding hydrogens is 405 g/mol. The van der Waals surface area contributed by atoms with Crippen LogP contribution in [0.1, 0.15) is 45.6 Å². The van der Waals surface area contributed by atoms with Crippen LogP contribution >= 0.6 is 0 Å². The maximum absolute atomic E-state index is 14.2. The molecule has 9 heteroatoms. The number of ether oxygens (including phenoxy) is 2. The van der Waals surface area contributed by atoms with Gasteiger partial charge in [0.2, 0.25) is 0 Å². The van der Waals surface area contributed by atoms with E-state index in [1.165, 1.54) is 18.3 Å². The van der Waals surface area contributed by atoms with Gasteiger partial charge in [0, 0.05) is 30.1 Å². The van der Waals surface area contributed by atoms with E-state index in [1.807, 2.05) is 26.8 Å². The molecule has 1 aliphatic rings. The average Bonchev–Trinajstić information content (AvgIpc) is 2.69. The van der Waals surface area contributed by atoms with E-state index < -0.39 is 22.4 Å². The Hall–Kier alpha value is -3.49. The number of alkyl carbamates (subject to hydrolysis) is 1. The molecule has 1 atom stereocenters. The van der Waals surface area contributed by atoms with E-state index in [9.17, 15) is 19.3 Å². The molecule has 31 heavy (non-hydrogen) atoms. The molecule has 2 aromatic rings. The summed E-state index contributed by atoms with van der Waals surface area (Å²) >= 11 is 0. The third-order valence-corrected chi connectivity index (χ3v) is 4.60. The molecule has 1 N–H and O–H groups in total. The second-order valence-corrected chi connectivity index (χ2v) is 8.19. The topological polar surface area (TPSA) is 104 Å². The number of hydrogen-bond acceptors (Lipinski definition) is 6. The molecule has 1 aromatic heterocycles. The van der Waals surface area contributed by atoms with Gasteiger partial charge in [0.05, 0.1) is 11.0 Å². The van der Waals surface area contributed by atoms with Crippen molar-refractivity contribution in [3.63, 3.8) is 0 Å².